The number of urea groups is 1. The lowest BCUT2D eigenvalue weighted by atomic mass is 10.1. The standard InChI is InChI=1S/C31H23BrN2O7/c1-2-38-26-13-20(24(32)15-28(26)39-16-19-8-5-7-18-6-3-4-9-22(18)19)12-23-29(35)33-31(37)34(30(23)36)21-10-11-25-27(14-21)41-17-40-25/h3-15H,2,16-17H2,1H3,(H,33,35,37)/b23-12+. The molecule has 0 spiro atoms. The smallest absolute Gasteiger partial charge is 0.335 e. The van der Waals surface area contributed by atoms with Crippen LogP contribution in [0.2, 0.25) is 0 Å². The van der Waals surface area contributed by atoms with Crippen molar-refractivity contribution in [2.45, 2.75) is 13.5 Å². The maximum atomic E-state index is 13.4. The Labute approximate surface area is 243 Å². The molecule has 6 rings (SSSR count). The SMILES string of the molecule is CCOc1cc(/C=C2\C(=O)NC(=O)N(c3ccc4c(c3)OCO4)C2=O)c(Br)cc1OCc1cccc2ccccc12. The van der Waals surface area contributed by atoms with Crippen molar-refractivity contribution in [3.05, 3.63) is 94.0 Å². The van der Waals surface area contributed by atoms with Crippen molar-refractivity contribution in [3.8, 4) is 23.0 Å². The average molecular weight is 615 g/mol. The highest BCUT2D eigenvalue weighted by molar-refractivity contribution is 9.10. The number of nitrogens with zero attached hydrogens (tertiary/aromatic N) is 1. The molecule has 41 heavy (non-hydrogen) atoms. The quantitative estimate of drug-likeness (QED) is 0.202. The van der Waals surface area contributed by atoms with E-state index in [1.165, 1.54) is 12.1 Å². The van der Waals surface area contributed by atoms with E-state index >= 15 is 0 Å². The van der Waals surface area contributed by atoms with Gasteiger partial charge in [0, 0.05) is 10.5 Å². The van der Waals surface area contributed by atoms with E-state index in [-0.39, 0.29) is 18.1 Å². The Morgan fingerprint density at radius 2 is 1.71 bits per heavy atom. The first-order chi connectivity index (χ1) is 19.9. The summed E-state index contributed by atoms with van der Waals surface area (Å²) in [5.74, 6) is 0.242. The van der Waals surface area contributed by atoms with Crippen LogP contribution < -0.4 is 29.2 Å². The fraction of sp³-hybridized carbons (Fsp3) is 0.129. The number of carbonyl (C=O) groups excluding carboxylic acids is 3. The van der Waals surface area contributed by atoms with E-state index in [2.05, 4.69) is 21.2 Å². The number of hydrogen-bond donors (Lipinski definition) is 1. The van der Waals surface area contributed by atoms with Crippen molar-refractivity contribution in [3.63, 3.8) is 0 Å². The number of amides is 4. The predicted molar refractivity (Wildman–Crippen MR) is 155 cm³/mol. The number of halogens is 1. The Balaban J connectivity index is 1.31. The van der Waals surface area contributed by atoms with Gasteiger partial charge in [0.25, 0.3) is 11.8 Å². The normalized spacial score (nSPS) is 15.4. The molecule has 0 radical (unpaired) electrons. The minimum absolute atomic E-state index is 0.0421. The minimum atomic E-state index is -0.859. The molecule has 0 aromatic heterocycles. The Morgan fingerprint density at radius 3 is 2.56 bits per heavy atom. The summed E-state index contributed by atoms with van der Waals surface area (Å²) in [5.41, 5.74) is 1.52. The monoisotopic (exact) mass is 614 g/mol. The van der Waals surface area contributed by atoms with Gasteiger partial charge in [-0.3, -0.25) is 14.9 Å². The number of carbonyl (C=O) groups is 3. The third kappa shape index (κ3) is 5.09. The van der Waals surface area contributed by atoms with Gasteiger partial charge < -0.3 is 18.9 Å². The van der Waals surface area contributed by atoms with Crippen LogP contribution in [0.3, 0.4) is 0 Å². The zero-order valence-corrected chi connectivity index (χ0v) is 23.4. The second-order valence-corrected chi connectivity index (χ2v) is 10.0. The lowest BCUT2D eigenvalue weighted by molar-refractivity contribution is -0.122. The van der Waals surface area contributed by atoms with Gasteiger partial charge >= 0.3 is 6.03 Å². The van der Waals surface area contributed by atoms with Gasteiger partial charge in [0.2, 0.25) is 6.79 Å². The molecule has 0 saturated carbocycles. The number of anilines is 1. The van der Waals surface area contributed by atoms with Gasteiger partial charge in [-0.05, 0) is 59.2 Å². The van der Waals surface area contributed by atoms with Crippen LogP contribution in [0.15, 0.2) is 82.8 Å². The topological polar surface area (TPSA) is 103 Å². The fourth-order valence-electron chi connectivity index (χ4n) is 4.69. The summed E-state index contributed by atoms with van der Waals surface area (Å²) in [6.07, 6.45) is 1.41. The second-order valence-electron chi connectivity index (χ2n) is 9.18. The summed E-state index contributed by atoms with van der Waals surface area (Å²) in [7, 11) is 0. The van der Waals surface area contributed by atoms with E-state index < -0.39 is 17.8 Å². The molecule has 4 aromatic carbocycles. The number of ether oxygens (including phenoxy) is 4. The van der Waals surface area contributed by atoms with Crippen LogP contribution in [0.1, 0.15) is 18.1 Å². The molecular weight excluding hydrogens is 592 g/mol. The number of rotatable bonds is 7. The molecule has 4 amide bonds. The molecule has 9 nitrogen and oxygen atoms in total. The minimum Gasteiger partial charge on any atom is -0.490 e. The highest BCUT2D eigenvalue weighted by Gasteiger charge is 2.37. The van der Waals surface area contributed by atoms with Crippen molar-refractivity contribution in [2.24, 2.45) is 0 Å². The Kier molecular flexibility index (Phi) is 7.07. The van der Waals surface area contributed by atoms with Crippen LogP contribution >= 0.6 is 15.9 Å². The van der Waals surface area contributed by atoms with Crippen LogP contribution in [-0.4, -0.2) is 31.2 Å². The van der Waals surface area contributed by atoms with E-state index in [0.29, 0.717) is 46.2 Å². The molecule has 1 N–H and O–H groups in total. The van der Waals surface area contributed by atoms with Crippen LogP contribution in [0.5, 0.6) is 23.0 Å². The van der Waals surface area contributed by atoms with Crippen LogP contribution in [0.25, 0.3) is 16.8 Å². The summed E-state index contributed by atoms with van der Waals surface area (Å²) < 4.78 is 23.3. The predicted octanol–water partition coefficient (Wildman–Crippen LogP) is 5.98. The number of fused-ring (bicyclic) bond motifs is 2. The molecule has 0 atom stereocenters. The van der Waals surface area contributed by atoms with Crippen molar-refractivity contribution >= 4 is 56.3 Å². The number of barbiturate groups is 1. The molecule has 2 aliphatic rings. The molecule has 0 bridgehead atoms. The first kappa shape index (κ1) is 26.4. The molecule has 10 heteroatoms. The first-order valence-electron chi connectivity index (χ1n) is 12.8. The van der Waals surface area contributed by atoms with Gasteiger partial charge in [0.1, 0.15) is 12.2 Å². The van der Waals surface area contributed by atoms with Crippen molar-refractivity contribution in [1.82, 2.24) is 5.32 Å². The van der Waals surface area contributed by atoms with Crippen LogP contribution in [0.4, 0.5) is 10.5 Å². The first-order valence-corrected chi connectivity index (χ1v) is 13.6. The molecular formula is C31H23BrN2O7. The lowest BCUT2D eigenvalue weighted by Gasteiger charge is -2.26. The highest BCUT2D eigenvalue weighted by Crippen LogP contribution is 2.38. The number of hydrogen-bond acceptors (Lipinski definition) is 7. The van der Waals surface area contributed by atoms with E-state index in [9.17, 15) is 14.4 Å². The van der Waals surface area contributed by atoms with Crippen LogP contribution in [-0.2, 0) is 16.2 Å². The fourth-order valence-corrected chi connectivity index (χ4v) is 5.13. The van der Waals surface area contributed by atoms with E-state index in [4.69, 9.17) is 18.9 Å². The van der Waals surface area contributed by atoms with Gasteiger partial charge in [0.05, 0.1) is 12.3 Å². The molecule has 0 aliphatic carbocycles. The summed E-state index contributed by atoms with van der Waals surface area (Å²) >= 11 is 3.54. The molecule has 0 unspecified atom stereocenters. The zero-order valence-electron chi connectivity index (χ0n) is 21.8. The maximum absolute atomic E-state index is 13.4. The number of imide groups is 2. The zero-order chi connectivity index (χ0) is 28.5. The van der Waals surface area contributed by atoms with E-state index in [1.54, 1.807) is 24.3 Å². The molecule has 1 saturated heterocycles. The number of nitrogens with one attached hydrogen (secondary N) is 1. The lowest BCUT2D eigenvalue weighted by Crippen LogP contribution is -2.54. The molecule has 2 heterocycles. The summed E-state index contributed by atoms with van der Waals surface area (Å²) in [5, 5.41) is 4.45. The van der Waals surface area contributed by atoms with Crippen molar-refractivity contribution in [1.29, 1.82) is 0 Å². The van der Waals surface area contributed by atoms with Gasteiger partial charge in [-0.15, -0.1) is 0 Å². The summed E-state index contributed by atoms with van der Waals surface area (Å²) in [4.78, 5) is 39.8. The molecule has 1 fully saturated rings. The second kappa shape index (κ2) is 11.0. The Morgan fingerprint density at radius 1 is 0.927 bits per heavy atom. The van der Waals surface area contributed by atoms with Gasteiger partial charge in [-0.2, -0.15) is 0 Å². The van der Waals surface area contributed by atoms with Crippen molar-refractivity contribution < 1.29 is 33.3 Å². The van der Waals surface area contributed by atoms with Crippen molar-refractivity contribution in [2.75, 3.05) is 18.3 Å². The molecule has 2 aliphatic heterocycles. The van der Waals surface area contributed by atoms with Crippen LogP contribution in [0, 0.1) is 0 Å². The van der Waals surface area contributed by atoms with E-state index in [0.717, 1.165) is 21.2 Å². The Bertz CT molecular complexity index is 1750. The van der Waals surface area contributed by atoms with E-state index in [1.807, 2.05) is 49.4 Å². The summed E-state index contributed by atoms with van der Waals surface area (Å²) in [6.45, 7) is 2.57. The van der Waals surface area contributed by atoms with Gasteiger partial charge in [-0.25, -0.2) is 9.69 Å². The third-order valence-electron chi connectivity index (χ3n) is 6.64. The summed E-state index contributed by atoms with van der Waals surface area (Å²) in [6, 6.07) is 21.3. The van der Waals surface area contributed by atoms with Gasteiger partial charge in [0.15, 0.2) is 23.0 Å². The molecule has 206 valence electrons. The molecule has 4 aromatic rings. The average Bonchev–Trinajstić information content (AvgIpc) is 3.44. The number of benzene rings is 4. The maximum Gasteiger partial charge on any atom is 0.335 e. The third-order valence-corrected chi connectivity index (χ3v) is 7.33. The highest BCUT2D eigenvalue weighted by atomic mass is 79.9. The largest absolute Gasteiger partial charge is 0.490 e. The Hall–Kier alpha value is -4.83. The van der Waals surface area contributed by atoms with Gasteiger partial charge in [-0.1, -0.05) is 58.4 Å².